The van der Waals surface area contributed by atoms with E-state index in [1.165, 1.54) is 32.3 Å². The van der Waals surface area contributed by atoms with Crippen LogP contribution in [0.15, 0.2) is 40.4 Å². The molecule has 0 spiro atoms. The summed E-state index contributed by atoms with van der Waals surface area (Å²) in [4.78, 5) is 27.3. The first kappa shape index (κ1) is 25.5. The van der Waals surface area contributed by atoms with E-state index in [2.05, 4.69) is 21.2 Å². The molecule has 8 nitrogen and oxygen atoms in total. The molecule has 0 bridgehead atoms. The quantitative estimate of drug-likeness (QED) is 0.295. The highest BCUT2D eigenvalue weighted by Gasteiger charge is 2.36. The number of ether oxygens (including phenoxy) is 4. The van der Waals surface area contributed by atoms with Crippen molar-refractivity contribution in [1.82, 2.24) is 5.32 Å². The summed E-state index contributed by atoms with van der Waals surface area (Å²) in [6, 6.07) is 8.38. The molecule has 1 heterocycles. The molecule has 2 amide bonds. The van der Waals surface area contributed by atoms with Crippen LogP contribution in [0.4, 0.5) is 5.69 Å². The number of rotatable bonds is 8. The molecule has 1 aliphatic rings. The number of hydrogen-bond acceptors (Lipinski definition) is 7. The number of methoxy groups -OCH3 is 3. The van der Waals surface area contributed by atoms with Gasteiger partial charge in [0.2, 0.25) is 0 Å². The number of halogens is 1. The van der Waals surface area contributed by atoms with Crippen molar-refractivity contribution in [2.75, 3.05) is 26.2 Å². The summed E-state index contributed by atoms with van der Waals surface area (Å²) in [5.74, 6) is 0.730. The molecule has 1 N–H and O–H groups in total. The number of carbonyl (C=O) groups is 2. The van der Waals surface area contributed by atoms with Gasteiger partial charge in [0, 0.05) is 6.07 Å². The number of hydrogen-bond donors (Lipinski definition) is 1. The standard InChI is InChI=1S/C24H25BrN2O6S/c1-6-13(2)33-21-17(25)10-14(11-20(21)32-5)9-16-22(28)26-24(34)27(23(16)29)18-8-7-15(30-3)12-19(18)31-4/h7-13H,6H2,1-5H3,(H,26,28,34)/b16-9+/t13-/m0/s1. The lowest BCUT2D eigenvalue weighted by Gasteiger charge is -2.30. The van der Waals surface area contributed by atoms with Crippen molar-refractivity contribution in [2.24, 2.45) is 0 Å². The maximum absolute atomic E-state index is 13.4. The zero-order valence-corrected chi connectivity index (χ0v) is 21.8. The Hall–Kier alpha value is -3.11. The van der Waals surface area contributed by atoms with Crippen molar-refractivity contribution < 1.29 is 28.5 Å². The minimum Gasteiger partial charge on any atom is -0.497 e. The second-order valence-electron chi connectivity index (χ2n) is 7.37. The van der Waals surface area contributed by atoms with Gasteiger partial charge in [-0.15, -0.1) is 0 Å². The Morgan fingerprint density at radius 1 is 1.09 bits per heavy atom. The fraction of sp³-hybridized carbons (Fsp3) is 0.292. The van der Waals surface area contributed by atoms with Gasteiger partial charge in [0.1, 0.15) is 17.1 Å². The van der Waals surface area contributed by atoms with Crippen LogP contribution in [0.25, 0.3) is 6.08 Å². The van der Waals surface area contributed by atoms with Gasteiger partial charge in [0.25, 0.3) is 11.8 Å². The molecule has 0 saturated carbocycles. The Bertz CT molecular complexity index is 1170. The summed E-state index contributed by atoms with van der Waals surface area (Å²) in [6.07, 6.45) is 2.28. The lowest BCUT2D eigenvalue weighted by atomic mass is 10.1. The van der Waals surface area contributed by atoms with Crippen molar-refractivity contribution in [3.8, 4) is 23.0 Å². The molecule has 0 radical (unpaired) electrons. The first-order chi connectivity index (χ1) is 16.2. The Morgan fingerprint density at radius 2 is 1.79 bits per heavy atom. The Kier molecular flexibility index (Phi) is 8.16. The van der Waals surface area contributed by atoms with Gasteiger partial charge < -0.3 is 18.9 Å². The van der Waals surface area contributed by atoms with Gasteiger partial charge in [0.05, 0.1) is 37.6 Å². The zero-order valence-electron chi connectivity index (χ0n) is 19.4. The molecule has 2 aromatic rings. The maximum atomic E-state index is 13.4. The SMILES string of the molecule is CC[C@H](C)Oc1c(Br)cc(/C=C2\C(=O)NC(=S)N(c3ccc(OC)cc3OC)C2=O)cc1OC. The summed E-state index contributed by atoms with van der Waals surface area (Å²) in [7, 11) is 4.52. The molecule has 34 heavy (non-hydrogen) atoms. The van der Waals surface area contributed by atoms with E-state index < -0.39 is 11.8 Å². The second-order valence-corrected chi connectivity index (χ2v) is 8.61. The average Bonchev–Trinajstić information content (AvgIpc) is 2.82. The maximum Gasteiger partial charge on any atom is 0.270 e. The molecule has 0 aliphatic carbocycles. The predicted octanol–water partition coefficient (Wildman–Crippen LogP) is 4.48. The Morgan fingerprint density at radius 3 is 2.41 bits per heavy atom. The fourth-order valence-electron chi connectivity index (χ4n) is 3.23. The number of carbonyl (C=O) groups excluding carboxylic acids is 2. The largest absolute Gasteiger partial charge is 0.497 e. The molecule has 3 rings (SSSR count). The smallest absolute Gasteiger partial charge is 0.270 e. The molecule has 180 valence electrons. The number of thiocarbonyl (C=S) groups is 1. The van der Waals surface area contributed by atoms with Crippen LogP contribution in [-0.4, -0.2) is 44.4 Å². The lowest BCUT2D eigenvalue weighted by molar-refractivity contribution is -0.122. The number of nitrogens with zero attached hydrogens (tertiary/aromatic N) is 1. The number of benzene rings is 2. The van der Waals surface area contributed by atoms with Crippen LogP contribution in [0.2, 0.25) is 0 Å². The average molecular weight is 549 g/mol. The molecular weight excluding hydrogens is 524 g/mol. The van der Waals surface area contributed by atoms with E-state index in [0.717, 1.165) is 6.42 Å². The van der Waals surface area contributed by atoms with Crippen LogP contribution in [0, 0.1) is 0 Å². The van der Waals surface area contributed by atoms with E-state index in [1.807, 2.05) is 13.8 Å². The van der Waals surface area contributed by atoms with Gasteiger partial charge in [-0.05, 0) is 77.4 Å². The van der Waals surface area contributed by atoms with Crippen LogP contribution < -0.4 is 29.2 Å². The van der Waals surface area contributed by atoms with Crippen LogP contribution in [-0.2, 0) is 9.59 Å². The first-order valence-corrected chi connectivity index (χ1v) is 11.6. The predicted molar refractivity (Wildman–Crippen MR) is 137 cm³/mol. The number of anilines is 1. The topological polar surface area (TPSA) is 86.3 Å². The molecule has 1 aliphatic heterocycles. The molecule has 1 fully saturated rings. The van der Waals surface area contributed by atoms with E-state index in [4.69, 9.17) is 31.2 Å². The van der Waals surface area contributed by atoms with Crippen molar-refractivity contribution in [3.63, 3.8) is 0 Å². The second kappa shape index (κ2) is 10.9. The van der Waals surface area contributed by atoms with Gasteiger partial charge in [-0.1, -0.05) is 6.92 Å². The minimum atomic E-state index is -0.603. The zero-order chi connectivity index (χ0) is 25.0. The normalized spacial score (nSPS) is 15.8. The molecule has 0 unspecified atom stereocenters. The molecule has 0 aromatic heterocycles. The summed E-state index contributed by atoms with van der Waals surface area (Å²) in [5, 5.41) is 2.52. The van der Waals surface area contributed by atoms with Crippen LogP contribution in [0.1, 0.15) is 25.8 Å². The highest BCUT2D eigenvalue weighted by atomic mass is 79.9. The summed E-state index contributed by atoms with van der Waals surface area (Å²) in [6.45, 7) is 3.98. The third kappa shape index (κ3) is 5.18. The van der Waals surface area contributed by atoms with Crippen molar-refractivity contribution in [1.29, 1.82) is 0 Å². The molecule has 1 atom stereocenters. The van der Waals surface area contributed by atoms with Gasteiger partial charge in [-0.3, -0.25) is 14.9 Å². The third-order valence-corrected chi connectivity index (χ3v) is 6.06. The van der Waals surface area contributed by atoms with Crippen LogP contribution in [0.5, 0.6) is 23.0 Å². The Balaban J connectivity index is 2.04. The highest BCUT2D eigenvalue weighted by molar-refractivity contribution is 9.10. The molecular formula is C24H25BrN2O6S. The van der Waals surface area contributed by atoms with Gasteiger partial charge in [-0.2, -0.15) is 0 Å². The molecule has 10 heteroatoms. The summed E-state index contributed by atoms with van der Waals surface area (Å²) in [5.41, 5.74) is 0.837. The van der Waals surface area contributed by atoms with E-state index in [-0.39, 0.29) is 16.8 Å². The van der Waals surface area contributed by atoms with Crippen molar-refractivity contribution >= 4 is 56.8 Å². The summed E-state index contributed by atoms with van der Waals surface area (Å²) < 4.78 is 22.7. The van der Waals surface area contributed by atoms with Gasteiger partial charge >= 0.3 is 0 Å². The number of amides is 2. The fourth-order valence-corrected chi connectivity index (χ4v) is 4.06. The Labute approximate surface area is 211 Å². The van der Waals surface area contributed by atoms with Crippen molar-refractivity contribution in [3.05, 3.63) is 45.9 Å². The number of nitrogens with one attached hydrogen (secondary N) is 1. The van der Waals surface area contributed by atoms with E-state index in [1.54, 1.807) is 30.3 Å². The highest BCUT2D eigenvalue weighted by Crippen LogP contribution is 2.39. The lowest BCUT2D eigenvalue weighted by Crippen LogP contribution is -2.54. The van der Waals surface area contributed by atoms with Crippen molar-refractivity contribution in [2.45, 2.75) is 26.4 Å². The molecule has 2 aromatic carbocycles. The van der Waals surface area contributed by atoms with Gasteiger partial charge in [-0.25, -0.2) is 4.90 Å². The minimum absolute atomic E-state index is 0.0193. The first-order valence-electron chi connectivity index (χ1n) is 10.4. The summed E-state index contributed by atoms with van der Waals surface area (Å²) >= 11 is 8.80. The van der Waals surface area contributed by atoms with Gasteiger partial charge in [0.15, 0.2) is 16.6 Å². The van der Waals surface area contributed by atoms with E-state index >= 15 is 0 Å². The monoisotopic (exact) mass is 548 g/mol. The molecule has 1 saturated heterocycles. The van der Waals surface area contributed by atoms with E-state index in [0.29, 0.717) is 38.7 Å². The third-order valence-electron chi connectivity index (χ3n) is 5.19. The van der Waals surface area contributed by atoms with Crippen LogP contribution >= 0.6 is 28.1 Å². The van der Waals surface area contributed by atoms with Crippen LogP contribution in [0.3, 0.4) is 0 Å². The van der Waals surface area contributed by atoms with E-state index in [9.17, 15) is 9.59 Å².